The number of nitrogens with zero attached hydrogens (tertiary/aromatic N) is 2. The standard InChI is InChI=1S/C13H17BrN2O/c1-2-3-8-16(9-6-14)13-11-5-10-17-12(11)4-7-15-13/h4-5,7,10H,2-3,6,8-9H2,1H3. The molecule has 17 heavy (non-hydrogen) atoms. The lowest BCUT2D eigenvalue weighted by atomic mass is 10.2. The normalized spacial score (nSPS) is 10.9. The van der Waals surface area contributed by atoms with E-state index in [4.69, 9.17) is 4.42 Å². The Morgan fingerprint density at radius 2 is 2.24 bits per heavy atom. The lowest BCUT2D eigenvalue weighted by Gasteiger charge is -2.23. The van der Waals surface area contributed by atoms with Crippen molar-refractivity contribution in [2.24, 2.45) is 0 Å². The Balaban J connectivity index is 2.30. The van der Waals surface area contributed by atoms with Gasteiger partial charge in [-0.1, -0.05) is 29.3 Å². The average molecular weight is 297 g/mol. The third kappa shape index (κ3) is 2.80. The van der Waals surface area contributed by atoms with Gasteiger partial charge in [-0.25, -0.2) is 4.98 Å². The van der Waals surface area contributed by atoms with E-state index >= 15 is 0 Å². The lowest BCUT2D eigenvalue weighted by Crippen LogP contribution is -2.27. The molecule has 92 valence electrons. The molecule has 0 fully saturated rings. The zero-order valence-corrected chi connectivity index (χ0v) is 11.6. The number of unbranched alkanes of at least 4 members (excludes halogenated alkanes) is 1. The molecular formula is C13H17BrN2O. The van der Waals surface area contributed by atoms with Crippen molar-refractivity contribution < 1.29 is 4.42 Å². The van der Waals surface area contributed by atoms with Crippen molar-refractivity contribution in [3.63, 3.8) is 0 Å². The monoisotopic (exact) mass is 296 g/mol. The number of anilines is 1. The SMILES string of the molecule is CCCCN(CCBr)c1nccc2occc12. The summed E-state index contributed by atoms with van der Waals surface area (Å²) in [6.07, 6.45) is 5.92. The van der Waals surface area contributed by atoms with Crippen LogP contribution in [0.15, 0.2) is 29.0 Å². The fraction of sp³-hybridized carbons (Fsp3) is 0.462. The Labute approximate surface area is 110 Å². The van der Waals surface area contributed by atoms with E-state index < -0.39 is 0 Å². The highest BCUT2D eigenvalue weighted by Crippen LogP contribution is 2.25. The van der Waals surface area contributed by atoms with E-state index in [1.807, 2.05) is 18.3 Å². The number of furan rings is 1. The first-order chi connectivity index (χ1) is 8.36. The van der Waals surface area contributed by atoms with E-state index in [0.717, 1.165) is 35.2 Å². The number of pyridine rings is 1. The van der Waals surface area contributed by atoms with E-state index in [9.17, 15) is 0 Å². The van der Waals surface area contributed by atoms with Crippen molar-refractivity contribution in [2.45, 2.75) is 19.8 Å². The molecule has 0 saturated carbocycles. The van der Waals surface area contributed by atoms with E-state index in [0.29, 0.717) is 0 Å². The summed E-state index contributed by atoms with van der Waals surface area (Å²) in [5, 5.41) is 2.05. The van der Waals surface area contributed by atoms with Crippen molar-refractivity contribution >= 4 is 32.7 Å². The molecule has 2 heterocycles. The summed E-state index contributed by atoms with van der Waals surface area (Å²) in [5.74, 6) is 1.03. The van der Waals surface area contributed by atoms with Gasteiger partial charge in [0.15, 0.2) is 0 Å². The Bertz CT molecular complexity index is 469. The van der Waals surface area contributed by atoms with Crippen molar-refractivity contribution in [2.75, 3.05) is 23.3 Å². The molecule has 0 bridgehead atoms. The smallest absolute Gasteiger partial charge is 0.139 e. The molecule has 3 nitrogen and oxygen atoms in total. The first-order valence-electron chi connectivity index (χ1n) is 6.00. The van der Waals surface area contributed by atoms with Gasteiger partial charge in [-0.2, -0.15) is 0 Å². The predicted molar refractivity (Wildman–Crippen MR) is 74.9 cm³/mol. The van der Waals surface area contributed by atoms with Crippen LogP contribution < -0.4 is 4.90 Å². The van der Waals surface area contributed by atoms with Crippen molar-refractivity contribution in [3.05, 3.63) is 24.6 Å². The maximum absolute atomic E-state index is 5.41. The number of hydrogen-bond acceptors (Lipinski definition) is 3. The summed E-state index contributed by atoms with van der Waals surface area (Å²) < 4.78 is 5.41. The first kappa shape index (κ1) is 12.4. The van der Waals surface area contributed by atoms with Gasteiger partial charge in [0.25, 0.3) is 0 Å². The van der Waals surface area contributed by atoms with E-state index in [1.165, 1.54) is 12.8 Å². The van der Waals surface area contributed by atoms with Crippen LogP contribution >= 0.6 is 15.9 Å². The predicted octanol–water partition coefficient (Wildman–Crippen LogP) is 3.83. The zero-order chi connectivity index (χ0) is 12.1. The second-order valence-electron chi connectivity index (χ2n) is 4.00. The fourth-order valence-corrected chi connectivity index (χ4v) is 2.33. The minimum atomic E-state index is 0.908. The van der Waals surface area contributed by atoms with Gasteiger partial charge in [-0.05, 0) is 18.6 Å². The molecule has 2 aromatic heterocycles. The minimum Gasteiger partial charge on any atom is -0.464 e. The van der Waals surface area contributed by atoms with Gasteiger partial charge in [-0.15, -0.1) is 0 Å². The first-order valence-corrected chi connectivity index (χ1v) is 7.12. The van der Waals surface area contributed by atoms with Crippen molar-refractivity contribution in [1.29, 1.82) is 0 Å². The highest BCUT2D eigenvalue weighted by molar-refractivity contribution is 9.09. The Morgan fingerprint density at radius 1 is 1.35 bits per heavy atom. The summed E-state index contributed by atoms with van der Waals surface area (Å²) in [4.78, 5) is 6.81. The molecule has 0 atom stereocenters. The topological polar surface area (TPSA) is 29.3 Å². The molecule has 2 aromatic rings. The van der Waals surface area contributed by atoms with Crippen molar-refractivity contribution in [3.8, 4) is 0 Å². The van der Waals surface area contributed by atoms with Crippen LogP contribution in [0, 0.1) is 0 Å². The van der Waals surface area contributed by atoms with Crippen LogP contribution in [0.4, 0.5) is 5.82 Å². The molecule has 0 radical (unpaired) electrons. The third-order valence-electron chi connectivity index (χ3n) is 2.79. The largest absolute Gasteiger partial charge is 0.464 e. The van der Waals surface area contributed by atoms with Gasteiger partial charge < -0.3 is 9.32 Å². The van der Waals surface area contributed by atoms with Crippen LogP contribution in [0.1, 0.15) is 19.8 Å². The van der Waals surface area contributed by atoms with Crippen LogP contribution in [0.3, 0.4) is 0 Å². The van der Waals surface area contributed by atoms with Gasteiger partial charge in [0, 0.05) is 24.6 Å². The van der Waals surface area contributed by atoms with Crippen LogP contribution in [-0.2, 0) is 0 Å². The number of fused-ring (bicyclic) bond motifs is 1. The maximum atomic E-state index is 5.41. The molecular weight excluding hydrogens is 280 g/mol. The van der Waals surface area contributed by atoms with Crippen LogP contribution in [0.5, 0.6) is 0 Å². The number of halogens is 1. The second-order valence-corrected chi connectivity index (χ2v) is 4.79. The Kier molecular flexibility index (Phi) is 4.42. The molecule has 4 heteroatoms. The summed E-state index contributed by atoms with van der Waals surface area (Å²) in [6, 6.07) is 3.90. The van der Waals surface area contributed by atoms with E-state index in [-0.39, 0.29) is 0 Å². The summed E-state index contributed by atoms with van der Waals surface area (Å²) in [7, 11) is 0. The summed E-state index contributed by atoms with van der Waals surface area (Å²) >= 11 is 3.50. The number of alkyl halides is 1. The fourth-order valence-electron chi connectivity index (χ4n) is 1.91. The third-order valence-corrected chi connectivity index (χ3v) is 3.15. The van der Waals surface area contributed by atoms with Gasteiger partial charge in [-0.3, -0.25) is 0 Å². The highest BCUT2D eigenvalue weighted by atomic mass is 79.9. The van der Waals surface area contributed by atoms with Crippen LogP contribution in [0.25, 0.3) is 11.0 Å². The summed E-state index contributed by atoms with van der Waals surface area (Å²) in [5.41, 5.74) is 0.908. The average Bonchev–Trinajstić information content (AvgIpc) is 2.82. The van der Waals surface area contributed by atoms with Gasteiger partial charge in [0.2, 0.25) is 0 Å². The maximum Gasteiger partial charge on any atom is 0.139 e. The minimum absolute atomic E-state index is 0.908. The molecule has 0 saturated heterocycles. The van der Waals surface area contributed by atoms with Gasteiger partial charge in [0.05, 0.1) is 11.6 Å². The van der Waals surface area contributed by atoms with Gasteiger partial charge >= 0.3 is 0 Å². The van der Waals surface area contributed by atoms with Gasteiger partial charge in [0.1, 0.15) is 11.4 Å². The molecule has 0 N–H and O–H groups in total. The van der Waals surface area contributed by atoms with Crippen LogP contribution in [-0.4, -0.2) is 23.4 Å². The molecule has 0 amide bonds. The molecule has 0 unspecified atom stereocenters. The second kappa shape index (κ2) is 6.05. The highest BCUT2D eigenvalue weighted by Gasteiger charge is 2.11. The molecule has 0 spiro atoms. The Morgan fingerprint density at radius 3 is 3.00 bits per heavy atom. The Hall–Kier alpha value is -1.03. The number of aromatic nitrogens is 1. The summed E-state index contributed by atoms with van der Waals surface area (Å²) in [6.45, 7) is 4.22. The van der Waals surface area contributed by atoms with Crippen molar-refractivity contribution in [1.82, 2.24) is 4.98 Å². The van der Waals surface area contributed by atoms with Crippen LogP contribution in [0.2, 0.25) is 0 Å². The molecule has 2 rings (SSSR count). The number of hydrogen-bond donors (Lipinski definition) is 0. The molecule has 0 aromatic carbocycles. The molecule has 0 aliphatic carbocycles. The quantitative estimate of drug-likeness (QED) is 0.759. The number of rotatable bonds is 6. The van der Waals surface area contributed by atoms with E-state index in [1.54, 1.807) is 6.26 Å². The van der Waals surface area contributed by atoms with E-state index in [2.05, 4.69) is 32.7 Å². The zero-order valence-electron chi connectivity index (χ0n) is 10.0. The lowest BCUT2D eigenvalue weighted by molar-refractivity contribution is 0.615. The molecule has 0 aliphatic heterocycles. The molecule has 0 aliphatic rings.